The van der Waals surface area contributed by atoms with Crippen LogP contribution in [0.3, 0.4) is 0 Å². The summed E-state index contributed by atoms with van der Waals surface area (Å²) in [5.41, 5.74) is 5.62. The van der Waals surface area contributed by atoms with Crippen LogP contribution in [0.1, 0.15) is 4.88 Å². The quantitative estimate of drug-likeness (QED) is 0.784. The zero-order valence-corrected chi connectivity index (χ0v) is 13.1. The van der Waals surface area contributed by atoms with Gasteiger partial charge in [0.1, 0.15) is 4.90 Å². The number of hydrogen-bond acceptors (Lipinski definition) is 5. The molecule has 3 N–H and O–H groups in total. The van der Waals surface area contributed by atoms with Crippen molar-refractivity contribution in [1.29, 1.82) is 0 Å². The van der Waals surface area contributed by atoms with Crippen LogP contribution in [0.2, 0.25) is 0 Å². The SMILES string of the molecule is NCc1sccc1S(=O)(=O)Nc1ccccc1SC(F)F. The van der Waals surface area contributed by atoms with Crippen molar-refractivity contribution in [2.75, 3.05) is 4.72 Å². The maximum atomic E-state index is 12.5. The first-order chi connectivity index (χ1) is 9.94. The third kappa shape index (κ3) is 3.94. The molecule has 1 aromatic carbocycles. The predicted octanol–water partition coefficient (Wildman–Crippen LogP) is 3.32. The number of halogens is 2. The molecular weight excluding hydrogens is 338 g/mol. The van der Waals surface area contributed by atoms with Gasteiger partial charge in [-0.05, 0) is 23.6 Å². The van der Waals surface area contributed by atoms with Gasteiger partial charge in [0.2, 0.25) is 0 Å². The fourth-order valence-corrected chi connectivity index (χ4v) is 4.74. The van der Waals surface area contributed by atoms with Crippen molar-refractivity contribution in [3.63, 3.8) is 0 Å². The van der Waals surface area contributed by atoms with Gasteiger partial charge in [0.05, 0.1) is 5.69 Å². The molecule has 2 rings (SSSR count). The molecule has 0 unspecified atom stereocenters. The van der Waals surface area contributed by atoms with Crippen molar-refractivity contribution < 1.29 is 17.2 Å². The summed E-state index contributed by atoms with van der Waals surface area (Å²) in [6.07, 6.45) is 0. The van der Waals surface area contributed by atoms with Gasteiger partial charge in [-0.3, -0.25) is 4.72 Å². The lowest BCUT2D eigenvalue weighted by Crippen LogP contribution is -2.15. The topological polar surface area (TPSA) is 72.2 Å². The summed E-state index contributed by atoms with van der Waals surface area (Å²) in [6.45, 7) is 0.0986. The Morgan fingerprint density at radius 2 is 2.00 bits per heavy atom. The van der Waals surface area contributed by atoms with E-state index >= 15 is 0 Å². The van der Waals surface area contributed by atoms with Crippen molar-refractivity contribution in [2.24, 2.45) is 5.73 Å². The molecule has 0 radical (unpaired) electrons. The minimum atomic E-state index is -3.85. The molecule has 0 spiro atoms. The Bertz CT molecular complexity index is 717. The lowest BCUT2D eigenvalue weighted by Gasteiger charge is -2.12. The molecule has 0 aliphatic rings. The summed E-state index contributed by atoms with van der Waals surface area (Å²) >= 11 is 1.52. The van der Waals surface area contributed by atoms with Gasteiger partial charge < -0.3 is 5.73 Å². The lowest BCUT2D eigenvalue weighted by atomic mass is 10.3. The van der Waals surface area contributed by atoms with Crippen molar-refractivity contribution >= 4 is 38.8 Å². The Labute approximate surface area is 129 Å². The third-order valence-electron chi connectivity index (χ3n) is 2.53. The highest BCUT2D eigenvalue weighted by atomic mass is 32.2. The Morgan fingerprint density at radius 1 is 1.29 bits per heavy atom. The molecule has 21 heavy (non-hydrogen) atoms. The molecule has 4 nitrogen and oxygen atoms in total. The first-order valence-corrected chi connectivity index (χ1v) is 9.01. The first-order valence-electron chi connectivity index (χ1n) is 5.77. The Kier molecular flexibility index (Phi) is 5.20. The molecule has 0 aliphatic carbocycles. The molecule has 114 valence electrons. The molecule has 2 aromatic rings. The van der Waals surface area contributed by atoms with Crippen molar-refractivity contribution in [3.05, 3.63) is 40.6 Å². The monoisotopic (exact) mass is 350 g/mol. The average molecular weight is 350 g/mol. The van der Waals surface area contributed by atoms with Crippen molar-refractivity contribution in [2.45, 2.75) is 22.1 Å². The van der Waals surface area contributed by atoms with Crippen LogP contribution in [0.15, 0.2) is 45.5 Å². The average Bonchev–Trinajstić information content (AvgIpc) is 2.89. The van der Waals surface area contributed by atoms with Gasteiger partial charge in [0.15, 0.2) is 0 Å². The molecule has 0 bridgehead atoms. The van der Waals surface area contributed by atoms with E-state index < -0.39 is 15.8 Å². The summed E-state index contributed by atoms with van der Waals surface area (Å²) in [5.74, 6) is -2.63. The third-order valence-corrected chi connectivity index (χ3v) is 5.84. The van der Waals surface area contributed by atoms with Crippen LogP contribution in [-0.4, -0.2) is 14.2 Å². The van der Waals surface area contributed by atoms with Gasteiger partial charge in [-0.15, -0.1) is 11.3 Å². The van der Waals surface area contributed by atoms with Gasteiger partial charge in [-0.1, -0.05) is 23.9 Å². The standard InChI is InChI=1S/C12H12F2N2O2S3/c13-12(14)20-9-4-2-1-3-8(9)16-21(17,18)11-5-6-19-10(11)7-15/h1-6,12,16H,7,15H2. The number of thiophene rings is 1. The molecule has 0 atom stereocenters. The van der Waals surface area contributed by atoms with Crippen LogP contribution >= 0.6 is 23.1 Å². The molecule has 0 saturated heterocycles. The van der Waals surface area contributed by atoms with Crippen molar-refractivity contribution in [3.8, 4) is 0 Å². The van der Waals surface area contributed by atoms with Crippen LogP contribution in [0.5, 0.6) is 0 Å². The van der Waals surface area contributed by atoms with Crippen LogP contribution in [0.25, 0.3) is 0 Å². The number of benzene rings is 1. The number of thioether (sulfide) groups is 1. The number of anilines is 1. The van der Waals surface area contributed by atoms with Gasteiger partial charge in [-0.2, -0.15) is 8.78 Å². The van der Waals surface area contributed by atoms with Crippen molar-refractivity contribution in [1.82, 2.24) is 0 Å². The summed E-state index contributed by atoms with van der Waals surface area (Å²) in [7, 11) is -3.85. The minimum Gasteiger partial charge on any atom is -0.326 e. The second kappa shape index (κ2) is 6.73. The Hall–Kier alpha value is -1.16. The predicted molar refractivity (Wildman–Crippen MR) is 81.3 cm³/mol. The van der Waals surface area contributed by atoms with E-state index in [9.17, 15) is 17.2 Å². The number of rotatable bonds is 6. The van der Waals surface area contributed by atoms with Crippen LogP contribution in [-0.2, 0) is 16.6 Å². The zero-order valence-electron chi connectivity index (χ0n) is 10.6. The fraction of sp³-hybridized carbons (Fsp3) is 0.167. The molecule has 0 saturated carbocycles. The summed E-state index contributed by atoms with van der Waals surface area (Å²) < 4.78 is 52.0. The molecule has 1 heterocycles. The molecule has 0 aliphatic heterocycles. The largest absolute Gasteiger partial charge is 0.326 e. The Balaban J connectivity index is 2.33. The Morgan fingerprint density at radius 3 is 2.67 bits per heavy atom. The maximum absolute atomic E-state index is 12.5. The summed E-state index contributed by atoms with van der Waals surface area (Å²) in [4.78, 5) is 0.758. The van der Waals surface area contributed by atoms with E-state index in [1.807, 2.05) is 0 Å². The maximum Gasteiger partial charge on any atom is 0.288 e. The normalized spacial score (nSPS) is 11.8. The fourth-order valence-electron chi connectivity index (χ4n) is 1.67. The number of hydrogen-bond donors (Lipinski definition) is 2. The number of nitrogens with two attached hydrogens (primary N) is 1. The molecular formula is C12H12F2N2O2S3. The highest BCUT2D eigenvalue weighted by molar-refractivity contribution is 7.99. The van der Waals surface area contributed by atoms with E-state index in [0.717, 1.165) is 0 Å². The van der Waals surface area contributed by atoms with E-state index in [4.69, 9.17) is 5.73 Å². The minimum absolute atomic E-state index is 0.0758. The van der Waals surface area contributed by atoms with Crippen LogP contribution in [0, 0.1) is 0 Å². The second-order valence-corrected chi connectivity index (χ2v) is 7.58. The number of alkyl halides is 2. The van der Waals surface area contributed by atoms with E-state index in [1.165, 1.54) is 29.5 Å². The smallest absolute Gasteiger partial charge is 0.288 e. The highest BCUT2D eigenvalue weighted by Gasteiger charge is 2.21. The second-order valence-electron chi connectivity index (χ2n) is 3.89. The highest BCUT2D eigenvalue weighted by Crippen LogP contribution is 2.33. The number of sulfonamides is 1. The van der Waals surface area contributed by atoms with Crippen LogP contribution < -0.4 is 10.5 Å². The van der Waals surface area contributed by atoms with E-state index in [2.05, 4.69) is 4.72 Å². The van der Waals surface area contributed by atoms with E-state index in [1.54, 1.807) is 17.5 Å². The molecule has 0 amide bonds. The molecule has 0 fully saturated rings. The lowest BCUT2D eigenvalue weighted by molar-refractivity contribution is 0.252. The molecule has 1 aromatic heterocycles. The zero-order chi connectivity index (χ0) is 15.5. The van der Waals surface area contributed by atoms with E-state index in [0.29, 0.717) is 16.6 Å². The number of nitrogens with one attached hydrogen (secondary N) is 1. The number of para-hydroxylation sites is 1. The van der Waals surface area contributed by atoms with Gasteiger partial charge in [0, 0.05) is 16.3 Å². The first kappa shape index (κ1) is 16.2. The van der Waals surface area contributed by atoms with Gasteiger partial charge in [0.25, 0.3) is 15.8 Å². The van der Waals surface area contributed by atoms with Gasteiger partial charge >= 0.3 is 0 Å². The summed E-state index contributed by atoms with van der Waals surface area (Å²) in [5, 5.41) is 1.62. The van der Waals surface area contributed by atoms with Crippen LogP contribution in [0.4, 0.5) is 14.5 Å². The van der Waals surface area contributed by atoms with Gasteiger partial charge in [-0.25, -0.2) is 8.42 Å². The van der Waals surface area contributed by atoms with E-state index in [-0.39, 0.29) is 22.0 Å². The molecule has 9 heteroatoms. The summed E-state index contributed by atoms with van der Waals surface area (Å²) in [6, 6.07) is 7.46.